The van der Waals surface area contributed by atoms with Crippen molar-refractivity contribution in [3.8, 4) is 0 Å². The molecule has 1 saturated heterocycles. The molecule has 4 atom stereocenters. The highest BCUT2D eigenvalue weighted by Crippen LogP contribution is 2.46. The number of aryl methyl sites for hydroxylation is 3. The lowest BCUT2D eigenvalue weighted by Crippen LogP contribution is -2.50. The van der Waals surface area contributed by atoms with E-state index in [-0.39, 0.29) is 18.0 Å². The number of hydrogen-bond donors (Lipinski definition) is 0. The van der Waals surface area contributed by atoms with Crippen LogP contribution in [0, 0.1) is 20.8 Å². The molecule has 12 heteroatoms. The maximum absolute atomic E-state index is 13.8. The highest BCUT2D eigenvalue weighted by molar-refractivity contribution is 7.98. The topological polar surface area (TPSA) is 131 Å². The molecule has 1 fully saturated rings. The minimum Gasteiger partial charge on any atom is -0.459 e. The predicted molar refractivity (Wildman–Crippen MR) is 177 cm³/mol. The first kappa shape index (κ1) is 32.9. The van der Waals surface area contributed by atoms with Crippen molar-refractivity contribution in [1.82, 2.24) is 19.6 Å². The molecular weight excluding hydrogens is 632 g/mol. The smallest absolute Gasteiger partial charge is 0.338 e. The Labute approximate surface area is 281 Å². The molecule has 0 N–H and O–H groups in total. The number of carbonyl (C=O) groups excluding carboxylic acids is 3. The van der Waals surface area contributed by atoms with Crippen molar-refractivity contribution >= 4 is 35.2 Å². The Kier molecular flexibility index (Phi) is 9.29. The Bertz CT molecular complexity index is 1960. The summed E-state index contributed by atoms with van der Waals surface area (Å²) in [6.45, 7) is 7.04. The first-order valence-corrected chi connectivity index (χ1v) is 16.5. The summed E-state index contributed by atoms with van der Waals surface area (Å²) < 4.78 is 26.3. The fourth-order valence-electron chi connectivity index (χ4n) is 5.56. The van der Waals surface area contributed by atoms with Crippen molar-refractivity contribution in [2.45, 2.75) is 56.6 Å². The maximum atomic E-state index is 13.8. The average Bonchev–Trinajstić information content (AvgIpc) is 3.62. The normalized spacial score (nSPS) is 20.4. The molecule has 5 aromatic rings. The van der Waals surface area contributed by atoms with E-state index < -0.39 is 41.8 Å². The largest absolute Gasteiger partial charge is 0.459 e. The lowest BCUT2D eigenvalue weighted by atomic mass is 9.91. The minimum atomic E-state index is -1.67. The van der Waals surface area contributed by atoms with Gasteiger partial charge < -0.3 is 18.9 Å². The van der Waals surface area contributed by atoms with Gasteiger partial charge in [-0.1, -0.05) is 53.1 Å². The monoisotopic (exact) mass is 666 g/mol. The summed E-state index contributed by atoms with van der Waals surface area (Å²) >= 11 is 1.42. The third kappa shape index (κ3) is 6.54. The number of rotatable bonds is 9. The summed E-state index contributed by atoms with van der Waals surface area (Å²) in [5, 5.41) is 5.08. The number of aromatic nitrogens is 4. The number of imidazole rings is 1. The molecule has 1 aliphatic rings. The minimum absolute atomic E-state index is 0.283. The number of hydrogen-bond acceptors (Lipinski definition) is 11. The Hall–Kier alpha value is -5.07. The molecule has 2 aromatic heterocycles. The Morgan fingerprint density at radius 2 is 1.35 bits per heavy atom. The second kappa shape index (κ2) is 13.6. The fourth-order valence-corrected chi connectivity index (χ4v) is 6.06. The number of benzene rings is 3. The Balaban J connectivity index is 1.42. The molecule has 0 saturated carbocycles. The molecule has 48 heavy (non-hydrogen) atoms. The first-order valence-electron chi connectivity index (χ1n) is 15.3. The van der Waals surface area contributed by atoms with Gasteiger partial charge in [0.05, 0.1) is 22.9 Å². The van der Waals surface area contributed by atoms with Crippen molar-refractivity contribution < 1.29 is 33.3 Å². The second-order valence-corrected chi connectivity index (χ2v) is 12.6. The van der Waals surface area contributed by atoms with Gasteiger partial charge in [-0.15, -0.1) is 11.8 Å². The van der Waals surface area contributed by atoms with Gasteiger partial charge >= 0.3 is 17.9 Å². The molecule has 0 radical (unpaired) electrons. The highest BCUT2D eigenvalue weighted by atomic mass is 32.2. The average molecular weight is 667 g/mol. The zero-order chi connectivity index (χ0) is 34.0. The molecule has 3 heterocycles. The summed E-state index contributed by atoms with van der Waals surface area (Å²) in [5.41, 5.74) is 2.78. The van der Waals surface area contributed by atoms with E-state index in [9.17, 15) is 14.4 Å². The molecule has 11 nitrogen and oxygen atoms in total. The van der Waals surface area contributed by atoms with Gasteiger partial charge in [-0.3, -0.25) is 0 Å². The Morgan fingerprint density at radius 1 is 0.812 bits per heavy atom. The van der Waals surface area contributed by atoms with Crippen molar-refractivity contribution in [1.29, 1.82) is 0 Å². The van der Waals surface area contributed by atoms with Crippen molar-refractivity contribution in [2.24, 2.45) is 0 Å². The van der Waals surface area contributed by atoms with Crippen LogP contribution in [-0.4, -0.2) is 68.2 Å². The molecule has 0 bridgehead atoms. The zero-order valence-corrected chi connectivity index (χ0v) is 27.9. The van der Waals surface area contributed by atoms with Gasteiger partial charge in [-0.25, -0.2) is 28.9 Å². The van der Waals surface area contributed by atoms with E-state index in [1.165, 1.54) is 18.1 Å². The van der Waals surface area contributed by atoms with Crippen LogP contribution >= 0.6 is 11.8 Å². The van der Waals surface area contributed by atoms with Gasteiger partial charge in [0.15, 0.2) is 23.6 Å². The molecular formula is C36H34N4O7S. The number of fused-ring (bicyclic) bond motifs is 1. The summed E-state index contributed by atoms with van der Waals surface area (Å²) in [5.74, 6) is -1.64. The standard InChI is InChI=1S/C36H34N4O7S/c1-21-6-12-24(13-7-21)33(41)44-19-28-29(46-34(42)25-14-8-22(2)9-15-25)36(4,47-35(43)26-16-10-23(3)11-17-26)30(45-28)31-37-18-27-32(48-5)38-20-39-40(27)31/h6-18,20,28-30H,19H2,1-5H3/t28-,29-,30+,36-/m1/s1. The van der Waals surface area contributed by atoms with Crippen LogP contribution in [-0.2, 0) is 18.9 Å². The van der Waals surface area contributed by atoms with Gasteiger partial charge in [-0.2, -0.15) is 5.10 Å². The lowest BCUT2D eigenvalue weighted by molar-refractivity contribution is -0.0907. The molecule has 0 unspecified atom stereocenters. The Morgan fingerprint density at radius 3 is 1.92 bits per heavy atom. The van der Waals surface area contributed by atoms with Gasteiger partial charge in [0.1, 0.15) is 29.6 Å². The van der Waals surface area contributed by atoms with Gasteiger partial charge in [0.25, 0.3) is 0 Å². The van der Waals surface area contributed by atoms with Gasteiger partial charge in [-0.05, 0) is 70.3 Å². The fraction of sp³-hybridized carbons (Fsp3) is 0.278. The van der Waals surface area contributed by atoms with E-state index >= 15 is 0 Å². The molecule has 1 aliphatic heterocycles. The molecule has 3 aromatic carbocycles. The van der Waals surface area contributed by atoms with Crippen LogP contribution in [0.5, 0.6) is 0 Å². The van der Waals surface area contributed by atoms with Gasteiger partial charge in [0.2, 0.25) is 0 Å². The van der Waals surface area contributed by atoms with Crippen molar-refractivity contribution in [3.63, 3.8) is 0 Å². The van der Waals surface area contributed by atoms with Crippen LogP contribution in [0.3, 0.4) is 0 Å². The molecule has 0 amide bonds. The van der Waals surface area contributed by atoms with Crippen molar-refractivity contribution in [3.05, 3.63) is 125 Å². The van der Waals surface area contributed by atoms with E-state index in [1.807, 2.05) is 27.0 Å². The molecule has 6 rings (SSSR count). The second-order valence-electron chi connectivity index (χ2n) is 11.8. The third-order valence-corrected chi connectivity index (χ3v) is 8.98. The number of thioether (sulfide) groups is 1. The SMILES string of the molecule is CSc1ncnn2c([C@@H]3O[C@H](COC(=O)c4ccc(C)cc4)[C@@H](OC(=O)c4ccc(C)cc4)[C@@]3(C)OC(=O)c3ccc(C)cc3)ncc12. The van der Waals surface area contributed by atoms with Crippen LogP contribution in [0.1, 0.15) is 66.6 Å². The molecule has 0 spiro atoms. The molecule has 246 valence electrons. The van der Waals surface area contributed by atoms with Crippen LogP contribution in [0.2, 0.25) is 0 Å². The first-order chi connectivity index (χ1) is 23.1. The third-order valence-electron chi connectivity index (χ3n) is 8.27. The van der Waals surface area contributed by atoms with Crippen LogP contribution in [0.4, 0.5) is 0 Å². The number of nitrogens with zero attached hydrogens (tertiary/aromatic N) is 4. The summed E-state index contributed by atoms with van der Waals surface area (Å²) in [6, 6.07) is 20.7. The van der Waals surface area contributed by atoms with E-state index in [1.54, 1.807) is 90.4 Å². The van der Waals surface area contributed by atoms with Crippen LogP contribution < -0.4 is 0 Å². The lowest BCUT2D eigenvalue weighted by Gasteiger charge is -2.34. The predicted octanol–water partition coefficient (Wildman–Crippen LogP) is 5.91. The summed E-state index contributed by atoms with van der Waals surface area (Å²) in [4.78, 5) is 49.5. The van der Waals surface area contributed by atoms with Crippen molar-refractivity contribution in [2.75, 3.05) is 12.9 Å². The van der Waals surface area contributed by atoms with E-state index in [0.29, 0.717) is 21.7 Å². The molecule has 0 aliphatic carbocycles. The van der Waals surface area contributed by atoms with Crippen LogP contribution in [0.25, 0.3) is 5.52 Å². The summed E-state index contributed by atoms with van der Waals surface area (Å²) in [6.07, 6.45) is 1.45. The number of carbonyl (C=O) groups is 3. The van der Waals surface area contributed by atoms with Crippen LogP contribution in [0.15, 0.2) is 90.3 Å². The van der Waals surface area contributed by atoms with E-state index in [2.05, 4.69) is 15.1 Å². The zero-order valence-electron chi connectivity index (χ0n) is 27.1. The highest BCUT2D eigenvalue weighted by Gasteiger charge is 2.61. The summed E-state index contributed by atoms with van der Waals surface area (Å²) in [7, 11) is 0. The maximum Gasteiger partial charge on any atom is 0.338 e. The number of ether oxygens (including phenoxy) is 4. The quantitative estimate of drug-likeness (QED) is 0.106. The van der Waals surface area contributed by atoms with Gasteiger partial charge in [0, 0.05) is 0 Å². The van der Waals surface area contributed by atoms with E-state index in [0.717, 1.165) is 16.7 Å². The van der Waals surface area contributed by atoms with E-state index in [4.69, 9.17) is 18.9 Å². The number of esters is 3.